The van der Waals surface area contributed by atoms with Crippen LogP contribution in [0.2, 0.25) is 0 Å². The monoisotopic (exact) mass is 334 g/mol. The minimum Gasteiger partial charge on any atom is -0.399 e. The number of anilines is 1. The minimum atomic E-state index is -3.48. The lowest BCUT2D eigenvalue weighted by atomic mass is 10.1. The fraction of sp³-hybridized carbons (Fsp3) is 0.500. The van der Waals surface area contributed by atoms with E-state index in [9.17, 15) is 8.42 Å². The van der Waals surface area contributed by atoms with Crippen molar-refractivity contribution in [3.05, 3.63) is 22.7 Å². The highest BCUT2D eigenvalue weighted by molar-refractivity contribution is 9.10. The van der Waals surface area contributed by atoms with Crippen molar-refractivity contribution in [2.45, 2.75) is 25.2 Å². The molecular weight excluding hydrogens is 316 g/mol. The molecule has 0 radical (unpaired) electrons. The van der Waals surface area contributed by atoms with E-state index in [0.29, 0.717) is 22.6 Å². The smallest absolute Gasteiger partial charge is 0.244 e. The molecule has 102 valence electrons. The van der Waals surface area contributed by atoms with Crippen LogP contribution in [0.25, 0.3) is 0 Å². The van der Waals surface area contributed by atoms with Crippen LogP contribution >= 0.6 is 15.9 Å². The van der Waals surface area contributed by atoms with E-state index in [4.69, 9.17) is 5.73 Å². The average Bonchev–Trinajstić information content (AvgIpc) is 2.28. The van der Waals surface area contributed by atoms with E-state index >= 15 is 0 Å². The van der Waals surface area contributed by atoms with E-state index in [2.05, 4.69) is 29.8 Å². The number of rotatable bonds is 5. The van der Waals surface area contributed by atoms with Crippen molar-refractivity contribution in [2.75, 3.05) is 19.3 Å². The van der Waals surface area contributed by atoms with Gasteiger partial charge in [0, 0.05) is 23.8 Å². The summed E-state index contributed by atoms with van der Waals surface area (Å²) in [5.41, 5.74) is 6.08. The zero-order chi connectivity index (χ0) is 13.9. The third-order valence-corrected chi connectivity index (χ3v) is 5.52. The van der Waals surface area contributed by atoms with Gasteiger partial charge in [-0.15, -0.1) is 0 Å². The van der Waals surface area contributed by atoms with Gasteiger partial charge in [0.25, 0.3) is 0 Å². The molecule has 0 amide bonds. The van der Waals surface area contributed by atoms with Gasteiger partial charge < -0.3 is 5.73 Å². The van der Waals surface area contributed by atoms with Crippen LogP contribution in [-0.4, -0.2) is 26.3 Å². The normalized spacial score (nSPS) is 12.3. The molecular formula is C12H19BrN2O2S. The molecule has 0 saturated heterocycles. The van der Waals surface area contributed by atoms with Gasteiger partial charge in [0.1, 0.15) is 0 Å². The van der Waals surface area contributed by atoms with Crippen molar-refractivity contribution in [1.82, 2.24) is 4.31 Å². The molecule has 4 nitrogen and oxygen atoms in total. The van der Waals surface area contributed by atoms with Crippen LogP contribution in [0, 0.1) is 5.92 Å². The molecule has 6 heteroatoms. The maximum atomic E-state index is 12.4. The van der Waals surface area contributed by atoms with Crippen molar-refractivity contribution in [2.24, 2.45) is 5.92 Å². The zero-order valence-electron chi connectivity index (χ0n) is 10.9. The van der Waals surface area contributed by atoms with E-state index in [-0.39, 0.29) is 4.90 Å². The van der Waals surface area contributed by atoms with E-state index < -0.39 is 10.0 Å². The Labute approximate surface area is 117 Å². The van der Waals surface area contributed by atoms with Crippen LogP contribution in [0.4, 0.5) is 5.69 Å². The summed E-state index contributed by atoms with van der Waals surface area (Å²) < 4.78 is 26.6. The third-order valence-electron chi connectivity index (χ3n) is 2.66. The van der Waals surface area contributed by atoms with Crippen molar-refractivity contribution in [3.63, 3.8) is 0 Å². The van der Waals surface area contributed by atoms with E-state index in [1.54, 1.807) is 19.2 Å². The Bertz CT molecular complexity index is 515. The second-order valence-electron chi connectivity index (χ2n) is 4.70. The molecule has 1 aromatic rings. The number of hydrogen-bond donors (Lipinski definition) is 1. The van der Waals surface area contributed by atoms with Gasteiger partial charge in [0.2, 0.25) is 10.0 Å². The molecule has 0 fully saturated rings. The number of sulfonamides is 1. The summed E-state index contributed by atoms with van der Waals surface area (Å²) in [5, 5.41) is 0. The summed E-state index contributed by atoms with van der Waals surface area (Å²) in [5.74, 6) is 0.465. The van der Waals surface area contributed by atoms with E-state index in [0.717, 1.165) is 6.42 Å². The van der Waals surface area contributed by atoms with Gasteiger partial charge in [-0.25, -0.2) is 12.7 Å². The maximum absolute atomic E-state index is 12.4. The van der Waals surface area contributed by atoms with Crippen LogP contribution in [0.5, 0.6) is 0 Å². The molecule has 0 spiro atoms. The van der Waals surface area contributed by atoms with Crippen molar-refractivity contribution < 1.29 is 8.42 Å². The SMILES string of the molecule is CC(C)CCN(C)S(=O)(=O)c1cc(N)ccc1Br. The first-order chi connectivity index (χ1) is 8.25. The highest BCUT2D eigenvalue weighted by Gasteiger charge is 2.23. The Hall–Kier alpha value is -0.590. The number of halogens is 1. The Morgan fingerprint density at radius 2 is 2.00 bits per heavy atom. The largest absolute Gasteiger partial charge is 0.399 e. The first-order valence-electron chi connectivity index (χ1n) is 5.76. The molecule has 1 rings (SSSR count). The molecule has 2 N–H and O–H groups in total. The Kier molecular flexibility index (Phi) is 5.19. The van der Waals surface area contributed by atoms with Gasteiger partial charge >= 0.3 is 0 Å². The van der Waals surface area contributed by atoms with Crippen LogP contribution < -0.4 is 5.73 Å². The topological polar surface area (TPSA) is 63.4 Å². The first kappa shape index (κ1) is 15.5. The highest BCUT2D eigenvalue weighted by atomic mass is 79.9. The van der Waals surface area contributed by atoms with E-state index in [1.807, 2.05) is 0 Å². The lowest BCUT2D eigenvalue weighted by Crippen LogP contribution is -2.29. The molecule has 1 aromatic carbocycles. The Morgan fingerprint density at radius 3 is 2.56 bits per heavy atom. The van der Waals surface area contributed by atoms with Gasteiger partial charge in [-0.1, -0.05) is 13.8 Å². The van der Waals surface area contributed by atoms with Crippen molar-refractivity contribution in [3.8, 4) is 0 Å². The molecule has 0 atom stereocenters. The second-order valence-corrected chi connectivity index (χ2v) is 7.57. The predicted molar refractivity (Wildman–Crippen MR) is 77.8 cm³/mol. The zero-order valence-corrected chi connectivity index (χ0v) is 13.3. The molecule has 0 aliphatic heterocycles. The van der Waals surface area contributed by atoms with Gasteiger partial charge in [-0.2, -0.15) is 0 Å². The molecule has 0 heterocycles. The van der Waals surface area contributed by atoms with Crippen LogP contribution in [0.15, 0.2) is 27.6 Å². The molecule has 0 aromatic heterocycles. The highest BCUT2D eigenvalue weighted by Crippen LogP contribution is 2.26. The molecule has 0 aliphatic rings. The lowest BCUT2D eigenvalue weighted by Gasteiger charge is -2.19. The third kappa shape index (κ3) is 3.70. The number of hydrogen-bond acceptors (Lipinski definition) is 3. The molecule has 0 unspecified atom stereocenters. The minimum absolute atomic E-state index is 0.216. The first-order valence-corrected chi connectivity index (χ1v) is 8.00. The predicted octanol–water partition coefficient (Wildman–Crippen LogP) is 2.70. The molecule has 0 bridgehead atoms. The summed E-state index contributed by atoms with van der Waals surface area (Å²) in [6, 6.07) is 4.79. The van der Waals surface area contributed by atoms with Crippen molar-refractivity contribution >= 4 is 31.6 Å². The summed E-state index contributed by atoms with van der Waals surface area (Å²) in [6.07, 6.45) is 0.829. The number of nitrogens with two attached hydrogens (primary N) is 1. The van der Waals surface area contributed by atoms with Gasteiger partial charge in [-0.3, -0.25) is 0 Å². The molecule has 0 aliphatic carbocycles. The standard InChI is InChI=1S/C12H19BrN2O2S/c1-9(2)6-7-15(3)18(16,17)12-8-10(14)4-5-11(12)13/h4-5,8-9H,6-7,14H2,1-3H3. The van der Waals surface area contributed by atoms with Crippen molar-refractivity contribution in [1.29, 1.82) is 0 Å². The Balaban J connectivity index is 3.02. The van der Waals surface area contributed by atoms with E-state index in [1.165, 1.54) is 10.4 Å². The van der Waals surface area contributed by atoms with Gasteiger partial charge in [0.05, 0.1) is 4.90 Å². The summed E-state index contributed by atoms with van der Waals surface area (Å²) in [6.45, 7) is 4.63. The van der Waals surface area contributed by atoms with Gasteiger partial charge in [-0.05, 0) is 46.5 Å². The fourth-order valence-corrected chi connectivity index (χ4v) is 3.59. The van der Waals surface area contributed by atoms with Crippen LogP contribution in [0.1, 0.15) is 20.3 Å². The average molecular weight is 335 g/mol. The number of nitrogens with zero attached hydrogens (tertiary/aromatic N) is 1. The lowest BCUT2D eigenvalue weighted by molar-refractivity contribution is 0.428. The molecule has 0 saturated carbocycles. The summed E-state index contributed by atoms with van der Waals surface area (Å²) >= 11 is 3.25. The quantitative estimate of drug-likeness (QED) is 0.842. The van der Waals surface area contributed by atoms with Crippen LogP contribution in [-0.2, 0) is 10.0 Å². The summed E-state index contributed by atoms with van der Waals surface area (Å²) in [7, 11) is -1.89. The summed E-state index contributed by atoms with van der Waals surface area (Å²) in [4.78, 5) is 0.216. The molecule has 18 heavy (non-hydrogen) atoms. The Morgan fingerprint density at radius 1 is 1.39 bits per heavy atom. The fourth-order valence-electron chi connectivity index (χ4n) is 1.45. The van der Waals surface area contributed by atoms with Crippen LogP contribution in [0.3, 0.4) is 0 Å². The maximum Gasteiger partial charge on any atom is 0.244 e. The number of nitrogen functional groups attached to an aromatic ring is 1. The van der Waals surface area contributed by atoms with Gasteiger partial charge in [0.15, 0.2) is 0 Å². The second kappa shape index (κ2) is 6.04. The number of benzene rings is 1.